The molecule has 1 aromatic heterocycles. The first-order valence-electron chi connectivity index (χ1n) is 6.94. The van der Waals surface area contributed by atoms with Crippen LogP contribution in [-0.4, -0.2) is 42.9 Å². The third-order valence-electron chi connectivity index (χ3n) is 3.81. The summed E-state index contributed by atoms with van der Waals surface area (Å²) in [4.78, 5) is 6.31. The van der Waals surface area contributed by atoms with Gasteiger partial charge in [-0.2, -0.15) is 0 Å². The lowest BCUT2D eigenvalue weighted by Crippen LogP contribution is -2.31. The number of nitrogens with zero attached hydrogens (tertiary/aromatic N) is 2. The largest absolute Gasteiger partial charge is 0.440 e. The highest BCUT2D eigenvalue weighted by atomic mass is 32.2. The third-order valence-corrected chi connectivity index (χ3v) is 5.56. The van der Waals surface area contributed by atoms with E-state index in [1.54, 1.807) is 6.20 Å². The molecule has 112 valence electrons. The molecule has 0 bridgehead atoms. The Kier molecular flexibility index (Phi) is 3.82. The van der Waals surface area contributed by atoms with Crippen molar-refractivity contribution in [3.63, 3.8) is 0 Å². The van der Waals surface area contributed by atoms with Crippen LogP contribution in [0.15, 0.2) is 40.9 Å². The van der Waals surface area contributed by atoms with E-state index in [4.69, 9.17) is 4.42 Å². The van der Waals surface area contributed by atoms with Crippen molar-refractivity contribution in [1.82, 2.24) is 9.88 Å². The van der Waals surface area contributed by atoms with Gasteiger partial charge in [-0.05, 0) is 25.6 Å². The molecule has 0 radical (unpaired) electrons. The van der Waals surface area contributed by atoms with Gasteiger partial charge in [0.05, 0.1) is 24.2 Å². The number of hydrogen-bond acceptors (Lipinski definition) is 5. The second-order valence-electron chi connectivity index (χ2n) is 5.47. The molecule has 21 heavy (non-hydrogen) atoms. The molecule has 0 N–H and O–H groups in total. The van der Waals surface area contributed by atoms with Gasteiger partial charge in [0.15, 0.2) is 9.84 Å². The van der Waals surface area contributed by atoms with E-state index in [-0.39, 0.29) is 17.5 Å². The Bertz CT molecular complexity index is 710. The Balaban J connectivity index is 1.68. The van der Waals surface area contributed by atoms with E-state index in [9.17, 15) is 8.42 Å². The maximum Gasteiger partial charge on any atom is 0.226 e. The van der Waals surface area contributed by atoms with Crippen LogP contribution in [0.3, 0.4) is 0 Å². The van der Waals surface area contributed by atoms with Gasteiger partial charge in [-0.25, -0.2) is 13.4 Å². The zero-order valence-corrected chi connectivity index (χ0v) is 12.7. The van der Waals surface area contributed by atoms with Gasteiger partial charge in [-0.3, -0.25) is 4.90 Å². The van der Waals surface area contributed by atoms with Crippen LogP contribution in [0.25, 0.3) is 11.5 Å². The van der Waals surface area contributed by atoms with Crippen molar-refractivity contribution < 1.29 is 12.8 Å². The number of hydrogen-bond donors (Lipinski definition) is 0. The maximum absolute atomic E-state index is 11.5. The molecule has 2 aromatic rings. The van der Waals surface area contributed by atoms with Crippen LogP contribution in [0.1, 0.15) is 12.2 Å². The van der Waals surface area contributed by atoms with Gasteiger partial charge in [0.25, 0.3) is 0 Å². The smallest absolute Gasteiger partial charge is 0.226 e. The van der Waals surface area contributed by atoms with E-state index in [0.29, 0.717) is 18.9 Å². The Morgan fingerprint density at radius 3 is 2.76 bits per heavy atom. The zero-order valence-electron chi connectivity index (χ0n) is 11.9. The van der Waals surface area contributed by atoms with Crippen molar-refractivity contribution in [1.29, 1.82) is 0 Å². The molecule has 6 heteroatoms. The van der Waals surface area contributed by atoms with Crippen molar-refractivity contribution in [2.75, 3.05) is 18.6 Å². The zero-order chi connectivity index (χ0) is 14.9. The molecule has 3 rings (SSSR count). The summed E-state index contributed by atoms with van der Waals surface area (Å²) in [5, 5.41) is 0. The molecule has 0 saturated carbocycles. The Morgan fingerprint density at radius 2 is 2.10 bits per heavy atom. The van der Waals surface area contributed by atoms with E-state index < -0.39 is 9.84 Å². The minimum atomic E-state index is -2.86. The molecule has 1 fully saturated rings. The number of sulfone groups is 1. The summed E-state index contributed by atoms with van der Waals surface area (Å²) in [6.45, 7) is 0.569. The number of rotatable bonds is 4. The van der Waals surface area contributed by atoms with Crippen LogP contribution < -0.4 is 0 Å². The van der Waals surface area contributed by atoms with Crippen molar-refractivity contribution >= 4 is 9.84 Å². The van der Waals surface area contributed by atoms with Gasteiger partial charge in [-0.1, -0.05) is 18.2 Å². The fraction of sp³-hybridized carbons (Fsp3) is 0.400. The average Bonchev–Trinajstić information content (AvgIpc) is 3.06. The molecule has 1 unspecified atom stereocenters. The summed E-state index contributed by atoms with van der Waals surface area (Å²) in [7, 11) is -0.932. The Hall–Kier alpha value is -1.66. The van der Waals surface area contributed by atoms with Crippen molar-refractivity contribution in [3.05, 3.63) is 42.3 Å². The monoisotopic (exact) mass is 306 g/mol. The molecule has 0 amide bonds. The maximum atomic E-state index is 11.5. The lowest BCUT2D eigenvalue weighted by Gasteiger charge is -2.21. The first-order chi connectivity index (χ1) is 10.0. The Morgan fingerprint density at radius 1 is 1.33 bits per heavy atom. The minimum Gasteiger partial charge on any atom is -0.440 e. The first-order valence-corrected chi connectivity index (χ1v) is 8.76. The molecule has 0 aliphatic carbocycles. The molecular formula is C15H18N2O3S. The topological polar surface area (TPSA) is 63.4 Å². The van der Waals surface area contributed by atoms with Crippen molar-refractivity contribution in [2.45, 2.75) is 19.0 Å². The molecular weight excluding hydrogens is 288 g/mol. The molecule has 1 aliphatic rings. The molecule has 5 nitrogen and oxygen atoms in total. The molecule has 1 atom stereocenters. The van der Waals surface area contributed by atoms with Crippen LogP contribution in [0.2, 0.25) is 0 Å². The van der Waals surface area contributed by atoms with Crippen LogP contribution in [0.4, 0.5) is 0 Å². The summed E-state index contributed by atoms with van der Waals surface area (Å²) in [6.07, 6.45) is 2.40. The summed E-state index contributed by atoms with van der Waals surface area (Å²) >= 11 is 0. The molecule has 2 heterocycles. The normalized spacial score (nSPS) is 21.0. The van der Waals surface area contributed by atoms with Crippen LogP contribution >= 0.6 is 0 Å². The van der Waals surface area contributed by atoms with Gasteiger partial charge < -0.3 is 4.42 Å². The third kappa shape index (κ3) is 3.33. The standard InChI is InChI=1S/C15H18N2O3S/c1-17(13-7-8-21(18,19)11-13)10-14-9-16-15(20-14)12-5-3-2-4-6-12/h2-6,9,13H,7-8,10-11H2,1H3. The average molecular weight is 306 g/mol. The highest BCUT2D eigenvalue weighted by molar-refractivity contribution is 7.91. The fourth-order valence-electron chi connectivity index (χ4n) is 2.59. The Labute approximate surface area is 124 Å². The van der Waals surface area contributed by atoms with Crippen LogP contribution in [0, 0.1) is 0 Å². The van der Waals surface area contributed by atoms with Gasteiger partial charge >= 0.3 is 0 Å². The molecule has 1 saturated heterocycles. The summed E-state index contributed by atoms with van der Waals surface area (Å²) in [6, 6.07) is 9.79. The molecule has 1 aliphatic heterocycles. The number of benzene rings is 1. The van der Waals surface area contributed by atoms with E-state index in [2.05, 4.69) is 4.98 Å². The predicted octanol–water partition coefficient (Wildman–Crippen LogP) is 1.96. The van der Waals surface area contributed by atoms with Crippen LogP contribution in [-0.2, 0) is 16.4 Å². The second-order valence-corrected chi connectivity index (χ2v) is 7.70. The highest BCUT2D eigenvalue weighted by Gasteiger charge is 2.30. The van der Waals surface area contributed by atoms with Gasteiger partial charge in [-0.15, -0.1) is 0 Å². The highest BCUT2D eigenvalue weighted by Crippen LogP contribution is 2.22. The van der Waals surface area contributed by atoms with E-state index >= 15 is 0 Å². The van der Waals surface area contributed by atoms with Crippen molar-refractivity contribution in [3.8, 4) is 11.5 Å². The van der Waals surface area contributed by atoms with E-state index in [1.807, 2.05) is 42.3 Å². The van der Waals surface area contributed by atoms with E-state index in [1.165, 1.54) is 0 Å². The number of aromatic nitrogens is 1. The summed E-state index contributed by atoms with van der Waals surface area (Å²) in [5.41, 5.74) is 0.940. The minimum absolute atomic E-state index is 0.0697. The lowest BCUT2D eigenvalue weighted by atomic mass is 10.2. The number of oxazole rings is 1. The van der Waals surface area contributed by atoms with Gasteiger partial charge in [0.2, 0.25) is 5.89 Å². The predicted molar refractivity (Wildman–Crippen MR) is 80.5 cm³/mol. The molecule has 0 spiro atoms. The summed E-state index contributed by atoms with van der Waals surface area (Å²) in [5.74, 6) is 1.87. The lowest BCUT2D eigenvalue weighted by molar-refractivity contribution is 0.234. The quantitative estimate of drug-likeness (QED) is 0.864. The van der Waals surface area contributed by atoms with E-state index in [0.717, 1.165) is 11.3 Å². The van der Waals surface area contributed by atoms with Gasteiger partial charge in [0, 0.05) is 11.6 Å². The fourth-order valence-corrected chi connectivity index (χ4v) is 4.40. The summed E-state index contributed by atoms with van der Waals surface area (Å²) < 4.78 is 28.8. The molecule has 1 aromatic carbocycles. The second kappa shape index (κ2) is 5.61. The van der Waals surface area contributed by atoms with Crippen molar-refractivity contribution in [2.24, 2.45) is 0 Å². The van der Waals surface area contributed by atoms with Gasteiger partial charge in [0.1, 0.15) is 5.76 Å². The van der Waals surface area contributed by atoms with Crippen LogP contribution in [0.5, 0.6) is 0 Å². The first kappa shape index (κ1) is 14.3. The SMILES string of the molecule is CN(Cc1cnc(-c2ccccc2)o1)C1CCS(=O)(=O)C1.